The fourth-order valence-electron chi connectivity index (χ4n) is 4.20. The first-order chi connectivity index (χ1) is 16.1. The Bertz CT molecular complexity index is 1030. The first-order valence-electron chi connectivity index (χ1n) is 11.0. The molecule has 0 amide bonds. The van der Waals surface area contributed by atoms with Crippen molar-refractivity contribution in [2.75, 3.05) is 26.2 Å². The van der Waals surface area contributed by atoms with Crippen molar-refractivity contribution in [3.8, 4) is 6.07 Å². The van der Waals surface area contributed by atoms with E-state index < -0.39 is 35.3 Å². The van der Waals surface area contributed by atoms with E-state index in [0.29, 0.717) is 19.6 Å². The van der Waals surface area contributed by atoms with Gasteiger partial charge in [0.1, 0.15) is 23.8 Å². The minimum absolute atomic E-state index is 0.0360. The molecule has 0 aromatic carbocycles. The number of Topliss-reactive ketones (excluding diaryl/α,β-unsaturated/α-hetero) is 1. The van der Waals surface area contributed by atoms with E-state index in [4.69, 9.17) is 26.3 Å². The van der Waals surface area contributed by atoms with E-state index in [2.05, 4.69) is 27.9 Å². The number of carbonyl (C=O) groups is 3. The van der Waals surface area contributed by atoms with Gasteiger partial charge in [0.25, 0.3) is 0 Å². The second kappa shape index (κ2) is 10.6. The van der Waals surface area contributed by atoms with Gasteiger partial charge in [0.15, 0.2) is 11.5 Å². The van der Waals surface area contributed by atoms with Crippen LogP contribution in [-0.4, -0.2) is 70.5 Å². The molecule has 1 aromatic heterocycles. The maximum Gasteiger partial charge on any atom is 0.358 e. The molecule has 182 valence electrons. The number of nitrogens with zero attached hydrogens (tertiary/aromatic N) is 4. The normalized spacial score (nSPS) is 22.9. The zero-order chi connectivity index (χ0) is 25.0. The van der Waals surface area contributed by atoms with Crippen molar-refractivity contribution in [2.45, 2.75) is 51.3 Å². The van der Waals surface area contributed by atoms with Crippen molar-refractivity contribution >= 4 is 29.3 Å². The van der Waals surface area contributed by atoms with E-state index in [1.54, 1.807) is 20.8 Å². The number of ether oxygens (including phenoxy) is 2. The number of hydrogen-bond donors (Lipinski definition) is 1. The van der Waals surface area contributed by atoms with Crippen LogP contribution in [0, 0.1) is 17.2 Å². The highest BCUT2D eigenvalue weighted by Crippen LogP contribution is 2.40. The zero-order valence-electron chi connectivity index (χ0n) is 19.5. The Kier molecular flexibility index (Phi) is 8.02. The summed E-state index contributed by atoms with van der Waals surface area (Å²) in [5, 5.41) is 12.1. The van der Waals surface area contributed by atoms with Gasteiger partial charge >= 0.3 is 11.9 Å². The SMILES string of the molecule is C=CCOC(=O)C1CC(N2CCNC(CC#N)C2)c2c(C(=O)OC(C)(C)C)nc(Cl)nc2C1=O. The van der Waals surface area contributed by atoms with Gasteiger partial charge in [0, 0.05) is 37.3 Å². The number of carbonyl (C=O) groups excluding carboxylic acids is 3. The predicted molar refractivity (Wildman–Crippen MR) is 122 cm³/mol. The first kappa shape index (κ1) is 25.7. The summed E-state index contributed by atoms with van der Waals surface area (Å²) in [4.78, 5) is 49.4. The molecule has 11 heteroatoms. The molecule has 3 unspecified atom stereocenters. The van der Waals surface area contributed by atoms with Gasteiger partial charge < -0.3 is 14.8 Å². The Hall–Kier alpha value is -2.87. The number of hydrogen-bond acceptors (Lipinski definition) is 10. The molecule has 0 spiro atoms. The van der Waals surface area contributed by atoms with Crippen molar-refractivity contribution in [1.82, 2.24) is 20.2 Å². The van der Waals surface area contributed by atoms with Crippen molar-refractivity contribution in [3.63, 3.8) is 0 Å². The Morgan fingerprint density at radius 1 is 1.38 bits per heavy atom. The van der Waals surface area contributed by atoms with Gasteiger partial charge in [0.05, 0.1) is 12.5 Å². The lowest BCUT2D eigenvalue weighted by Crippen LogP contribution is -2.53. The summed E-state index contributed by atoms with van der Waals surface area (Å²) in [7, 11) is 0. The highest BCUT2D eigenvalue weighted by molar-refractivity contribution is 6.28. The molecule has 3 atom stereocenters. The first-order valence-corrected chi connectivity index (χ1v) is 11.4. The van der Waals surface area contributed by atoms with Crippen molar-refractivity contribution < 1.29 is 23.9 Å². The van der Waals surface area contributed by atoms with Crippen LogP contribution in [0.15, 0.2) is 12.7 Å². The largest absolute Gasteiger partial charge is 0.461 e. The molecular formula is C23H28ClN5O5. The number of piperazine rings is 1. The summed E-state index contributed by atoms with van der Waals surface area (Å²) in [6.07, 6.45) is 1.77. The number of nitriles is 1. The summed E-state index contributed by atoms with van der Waals surface area (Å²) >= 11 is 6.10. The average Bonchev–Trinajstić information content (AvgIpc) is 2.76. The van der Waals surface area contributed by atoms with Crippen LogP contribution >= 0.6 is 11.6 Å². The number of ketones is 1. The Morgan fingerprint density at radius 2 is 2.12 bits per heavy atom. The summed E-state index contributed by atoms with van der Waals surface area (Å²) in [5.74, 6) is -3.14. The maximum absolute atomic E-state index is 13.3. The second-order valence-corrected chi connectivity index (χ2v) is 9.54. The summed E-state index contributed by atoms with van der Waals surface area (Å²) in [6, 6.07) is 1.49. The van der Waals surface area contributed by atoms with Gasteiger partial charge in [0.2, 0.25) is 5.28 Å². The lowest BCUT2D eigenvalue weighted by atomic mass is 9.80. The van der Waals surface area contributed by atoms with E-state index in [1.807, 2.05) is 4.90 Å². The number of halogens is 1. The van der Waals surface area contributed by atoms with Crippen molar-refractivity contribution in [2.24, 2.45) is 5.92 Å². The minimum atomic E-state index is -1.13. The number of aromatic nitrogens is 2. The third-order valence-electron chi connectivity index (χ3n) is 5.55. The Balaban J connectivity index is 2.10. The number of fused-ring (bicyclic) bond motifs is 1. The predicted octanol–water partition coefficient (Wildman–Crippen LogP) is 2.25. The fraction of sp³-hybridized carbons (Fsp3) is 0.565. The number of nitrogens with one attached hydrogen (secondary N) is 1. The maximum atomic E-state index is 13.3. The minimum Gasteiger partial charge on any atom is -0.461 e. The molecule has 1 aromatic rings. The molecule has 34 heavy (non-hydrogen) atoms. The lowest BCUT2D eigenvalue weighted by molar-refractivity contribution is -0.146. The van der Waals surface area contributed by atoms with Crippen LogP contribution in [0.25, 0.3) is 0 Å². The fourth-order valence-corrected chi connectivity index (χ4v) is 4.37. The molecule has 0 bridgehead atoms. The van der Waals surface area contributed by atoms with Gasteiger partial charge in [-0.15, -0.1) is 0 Å². The van der Waals surface area contributed by atoms with Crippen LogP contribution in [0.4, 0.5) is 0 Å². The van der Waals surface area contributed by atoms with E-state index in [9.17, 15) is 14.4 Å². The standard InChI is InChI=1S/C23H28ClN5O5/c1-5-10-33-20(31)14-11-15(29-9-8-26-13(12-29)6-7-25)16-17(19(14)30)27-22(24)28-18(16)21(32)34-23(2,3)4/h5,13-15,26H,1,6,8-12H2,2-4H3. The zero-order valence-corrected chi connectivity index (χ0v) is 20.2. The number of esters is 2. The molecule has 1 saturated heterocycles. The molecule has 10 nitrogen and oxygen atoms in total. The van der Waals surface area contributed by atoms with E-state index in [-0.39, 0.29) is 47.7 Å². The van der Waals surface area contributed by atoms with Gasteiger partial charge in [-0.1, -0.05) is 12.7 Å². The third-order valence-corrected chi connectivity index (χ3v) is 5.72. The van der Waals surface area contributed by atoms with Crippen LogP contribution in [0.2, 0.25) is 5.28 Å². The average molecular weight is 490 g/mol. The molecule has 0 radical (unpaired) electrons. The van der Waals surface area contributed by atoms with E-state index >= 15 is 0 Å². The quantitative estimate of drug-likeness (QED) is 0.274. The topological polar surface area (TPSA) is 135 Å². The van der Waals surface area contributed by atoms with Crippen LogP contribution in [0.5, 0.6) is 0 Å². The van der Waals surface area contributed by atoms with Crippen molar-refractivity contribution in [3.05, 3.63) is 34.9 Å². The summed E-state index contributed by atoms with van der Waals surface area (Å²) < 4.78 is 10.7. The molecule has 1 N–H and O–H groups in total. The second-order valence-electron chi connectivity index (χ2n) is 9.20. The molecule has 1 aliphatic heterocycles. The van der Waals surface area contributed by atoms with Crippen LogP contribution in [0.1, 0.15) is 66.2 Å². The molecule has 3 rings (SSSR count). The molecule has 2 aliphatic rings. The van der Waals surface area contributed by atoms with Gasteiger partial charge in [-0.05, 0) is 38.8 Å². The van der Waals surface area contributed by atoms with Gasteiger partial charge in [-0.2, -0.15) is 5.26 Å². The van der Waals surface area contributed by atoms with Gasteiger partial charge in [-0.3, -0.25) is 14.5 Å². The lowest BCUT2D eigenvalue weighted by Gasteiger charge is -2.41. The molecular weight excluding hydrogens is 462 g/mol. The smallest absolute Gasteiger partial charge is 0.358 e. The van der Waals surface area contributed by atoms with Crippen LogP contribution < -0.4 is 5.32 Å². The third kappa shape index (κ3) is 5.78. The van der Waals surface area contributed by atoms with Gasteiger partial charge in [-0.25, -0.2) is 14.8 Å². The number of rotatable bonds is 6. The van der Waals surface area contributed by atoms with Crippen LogP contribution in [0.3, 0.4) is 0 Å². The highest BCUT2D eigenvalue weighted by atomic mass is 35.5. The Morgan fingerprint density at radius 3 is 2.76 bits per heavy atom. The molecule has 1 aliphatic carbocycles. The highest BCUT2D eigenvalue weighted by Gasteiger charge is 2.46. The molecule has 0 saturated carbocycles. The van der Waals surface area contributed by atoms with E-state index in [0.717, 1.165) is 0 Å². The Labute approximate surface area is 203 Å². The summed E-state index contributed by atoms with van der Waals surface area (Å²) in [5.41, 5.74) is -0.710. The van der Waals surface area contributed by atoms with E-state index in [1.165, 1.54) is 6.08 Å². The van der Waals surface area contributed by atoms with Crippen molar-refractivity contribution in [1.29, 1.82) is 5.26 Å². The monoisotopic (exact) mass is 489 g/mol. The molecule has 2 heterocycles. The van der Waals surface area contributed by atoms with Crippen LogP contribution in [-0.2, 0) is 14.3 Å². The summed E-state index contributed by atoms with van der Waals surface area (Å²) in [6.45, 7) is 10.3. The molecule has 1 fully saturated rings.